The molecule has 0 bridgehead atoms. The van der Waals surface area contributed by atoms with Crippen LogP contribution in [-0.2, 0) is 9.53 Å². The van der Waals surface area contributed by atoms with Crippen molar-refractivity contribution in [1.82, 2.24) is 4.90 Å². The number of methoxy groups -OCH3 is 1. The quantitative estimate of drug-likeness (QED) is 0.728. The van der Waals surface area contributed by atoms with E-state index in [9.17, 15) is 14.4 Å². The summed E-state index contributed by atoms with van der Waals surface area (Å²) in [4.78, 5) is 35.2. The van der Waals surface area contributed by atoms with Gasteiger partial charge in [0.2, 0.25) is 5.91 Å². The molecule has 1 rings (SSSR count). The molecule has 7 nitrogen and oxygen atoms in total. The Kier molecular flexibility index (Phi) is 5.67. The topological polar surface area (TPSA) is 110 Å². The van der Waals surface area contributed by atoms with E-state index in [-0.39, 0.29) is 24.3 Å². The molecule has 0 heterocycles. The van der Waals surface area contributed by atoms with Gasteiger partial charge >= 0.3 is 5.97 Å². The number of carbonyl (C=O) groups is 3. The fraction of sp³-hybridized carbons (Fsp3) is 0.308. The lowest BCUT2D eigenvalue weighted by molar-refractivity contribution is -0.137. The summed E-state index contributed by atoms with van der Waals surface area (Å²) in [5, 5.41) is 8.81. The summed E-state index contributed by atoms with van der Waals surface area (Å²) in [6.07, 6.45) is 0. The zero-order chi connectivity index (χ0) is 15.1. The first-order chi connectivity index (χ1) is 9.45. The lowest BCUT2D eigenvalue weighted by Gasteiger charge is -2.20. The van der Waals surface area contributed by atoms with Crippen molar-refractivity contribution in [3.05, 3.63) is 35.4 Å². The van der Waals surface area contributed by atoms with E-state index in [0.29, 0.717) is 0 Å². The van der Waals surface area contributed by atoms with Crippen molar-refractivity contribution < 1.29 is 24.2 Å². The number of hydrogen-bond acceptors (Lipinski definition) is 4. The van der Waals surface area contributed by atoms with Crippen molar-refractivity contribution in [2.45, 2.75) is 0 Å². The van der Waals surface area contributed by atoms with Crippen molar-refractivity contribution in [2.24, 2.45) is 5.73 Å². The minimum Gasteiger partial charge on any atom is -0.480 e. The van der Waals surface area contributed by atoms with E-state index in [1.165, 1.54) is 31.4 Å². The van der Waals surface area contributed by atoms with Gasteiger partial charge in [-0.1, -0.05) is 6.07 Å². The second kappa shape index (κ2) is 7.25. The van der Waals surface area contributed by atoms with Crippen LogP contribution in [0.4, 0.5) is 0 Å². The fourth-order valence-electron chi connectivity index (χ4n) is 1.61. The van der Waals surface area contributed by atoms with Gasteiger partial charge in [0.05, 0.1) is 6.61 Å². The normalized spacial score (nSPS) is 10.1. The zero-order valence-electron chi connectivity index (χ0n) is 11.0. The van der Waals surface area contributed by atoms with Crippen LogP contribution in [0.2, 0.25) is 0 Å². The highest BCUT2D eigenvalue weighted by Gasteiger charge is 2.19. The van der Waals surface area contributed by atoms with Crippen LogP contribution in [0.25, 0.3) is 0 Å². The second-order valence-electron chi connectivity index (χ2n) is 4.06. The Morgan fingerprint density at radius 2 is 1.95 bits per heavy atom. The molecule has 0 aliphatic rings. The molecule has 0 fully saturated rings. The average Bonchev–Trinajstić information content (AvgIpc) is 2.42. The number of hydrogen-bond donors (Lipinski definition) is 2. The van der Waals surface area contributed by atoms with Crippen molar-refractivity contribution in [3.8, 4) is 0 Å². The summed E-state index contributed by atoms with van der Waals surface area (Å²) in [6.45, 7) is -0.0834. The smallest absolute Gasteiger partial charge is 0.323 e. The van der Waals surface area contributed by atoms with Crippen LogP contribution in [0.1, 0.15) is 20.7 Å². The van der Waals surface area contributed by atoms with Crippen molar-refractivity contribution >= 4 is 17.8 Å². The van der Waals surface area contributed by atoms with Crippen LogP contribution in [0.15, 0.2) is 24.3 Å². The molecule has 7 heteroatoms. The summed E-state index contributed by atoms with van der Waals surface area (Å²) in [5.41, 5.74) is 5.54. The molecule has 20 heavy (non-hydrogen) atoms. The number of carbonyl (C=O) groups excluding carboxylic acids is 2. The number of aliphatic carboxylic acids is 1. The maximum atomic E-state index is 12.2. The van der Waals surface area contributed by atoms with Crippen molar-refractivity contribution in [2.75, 3.05) is 26.8 Å². The summed E-state index contributed by atoms with van der Waals surface area (Å²) in [7, 11) is 1.46. The summed E-state index contributed by atoms with van der Waals surface area (Å²) in [5.74, 6) is -2.27. The van der Waals surface area contributed by atoms with E-state index < -0.39 is 24.3 Å². The third kappa shape index (κ3) is 4.36. The maximum absolute atomic E-state index is 12.2. The molecule has 108 valence electrons. The molecule has 0 saturated carbocycles. The molecule has 1 aromatic carbocycles. The van der Waals surface area contributed by atoms with Gasteiger partial charge in [-0.2, -0.15) is 0 Å². The third-order valence-corrected chi connectivity index (χ3v) is 2.57. The van der Waals surface area contributed by atoms with Crippen LogP contribution in [0, 0.1) is 0 Å². The molecule has 0 aliphatic heterocycles. The fourth-order valence-corrected chi connectivity index (χ4v) is 1.61. The maximum Gasteiger partial charge on any atom is 0.323 e. The van der Waals surface area contributed by atoms with E-state index >= 15 is 0 Å². The Balaban J connectivity index is 2.95. The van der Waals surface area contributed by atoms with Gasteiger partial charge in [0, 0.05) is 24.8 Å². The lowest BCUT2D eigenvalue weighted by atomic mass is 10.1. The van der Waals surface area contributed by atoms with Gasteiger partial charge < -0.3 is 20.5 Å². The Morgan fingerprint density at radius 1 is 1.30 bits per heavy atom. The van der Waals surface area contributed by atoms with Crippen LogP contribution in [0.3, 0.4) is 0 Å². The number of nitrogens with zero attached hydrogens (tertiary/aromatic N) is 1. The number of ether oxygens (including phenoxy) is 1. The van der Waals surface area contributed by atoms with Gasteiger partial charge in [0.1, 0.15) is 6.54 Å². The van der Waals surface area contributed by atoms with E-state index in [2.05, 4.69) is 0 Å². The molecule has 1 aromatic rings. The molecule has 3 N–H and O–H groups in total. The largest absolute Gasteiger partial charge is 0.480 e. The van der Waals surface area contributed by atoms with Crippen molar-refractivity contribution in [1.29, 1.82) is 0 Å². The summed E-state index contributed by atoms with van der Waals surface area (Å²) in [6, 6.07) is 5.83. The predicted molar refractivity (Wildman–Crippen MR) is 70.4 cm³/mol. The number of nitrogens with two attached hydrogens (primary N) is 1. The number of rotatable bonds is 7. The highest BCUT2D eigenvalue weighted by molar-refractivity contribution is 5.99. The van der Waals surface area contributed by atoms with Gasteiger partial charge in [-0.25, -0.2) is 0 Å². The summed E-state index contributed by atoms with van der Waals surface area (Å²) >= 11 is 0. The minimum atomic E-state index is -1.12. The van der Waals surface area contributed by atoms with E-state index in [4.69, 9.17) is 15.6 Å². The number of carboxylic acids is 1. The average molecular weight is 280 g/mol. The Bertz CT molecular complexity index is 515. The molecular weight excluding hydrogens is 264 g/mol. The van der Waals surface area contributed by atoms with Crippen LogP contribution < -0.4 is 5.73 Å². The molecule has 0 radical (unpaired) electrons. The molecule has 2 amide bonds. The zero-order valence-corrected chi connectivity index (χ0v) is 11.0. The number of carboxylic acid groups (broad SMARTS) is 1. The number of benzene rings is 1. The van der Waals surface area contributed by atoms with Gasteiger partial charge in [-0.05, 0) is 18.2 Å². The Labute approximate surface area is 115 Å². The number of primary amides is 1. The molecule has 0 saturated heterocycles. The predicted octanol–water partition coefficient (Wildman–Crippen LogP) is -0.0413. The molecule has 0 atom stereocenters. The van der Waals surface area contributed by atoms with Crippen LogP contribution in [0.5, 0.6) is 0 Å². The monoisotopic (exact) mass is 280 g/mol. The first kappa shape index (κ1) is 15.6. The Hall–Kier alpha value is -2.41. The van der Waals surface area contributed by atoms with E-state index in [1.807, 2.05) is 0 Å². The van der Waals surface area contributed by atoms with E-state index in [0.717, 1.165) is 4.90 Å². The molecule has 0 aliphatic carbocycles. The minimum absolute atomic E-state index is 0.141. The van der Waals surface area contributed by atoms with Crippen LogP contribution in [-0.4, -0.2) is 54.6 Å². The third-order valence-electron chi connectivity index (χ3n) is 2.57. The molecule has 0 aromatic heterocycles. The highest BCUT2D eigenvalue weighted by Crippen LogP contribution is 2.08. The standard InChI is InChI=1S/C13H16N2O5/c1-20-6-5-15(8-11(16)17)13(19)10-4-2-3-9(7-10)12(14)18/h2-4,7H,5-6,8H2,1H3,(H2,14,18)(H,16,17). The van der Waals surface area contributed by atoms with Crippen LogP contribution >= 0.6 is 0 Å². The Morgan fingerprint density at radius 3 is 2.50 bits per heavy atom. The van der Waals surface area contributed by atoms with Gasteiger partial charge in [0.15, 0.2) is 0 Å². The first-order valence-corrected chi connectivity index (χ1v) is 5.85. The molecule has 0 spiro atoms. The second-order valence-corrected chi connectivity index (χ2v) is 4.06. The SMILES string of the molecule is COCCN(CC(=O)O)C(=O)c1cccc(C(N)=O)c1. The summed E-state index contributed by atoms with van der Waals surface area (Å²) < 4.78 is 4.84. The highest BCUT2D eigenvalue weighted by atomic mass is 16.5. The van der Waals surface area contributed by atoms with Gasteiger partial charge in [-0.3, -0.25) is 14.4 Å². The van der Waals surface area contributed by atoms with Gasteiger partial charge in [-0.15, -0.1) is 0 Å². The number of amides is 2. The molecular formula is C13H16N2O5. The first-order valence-electron chi connectivity index (χ1n) is 5.85. The van der Waals surface area contributed by atoms with Gasteiger partial charge in [0.25, 0.3) is 5.91 Å². The van der Waals surface area contributed by atoms with Crippen molar-refractivity contribution in [3.63, 3.8) is 0 Å². The van der Waals surface area contributed by atoms with E-state index in [1.54, 1.807) is 0 Å². The lowest BCUT2D eigenvalue weighted by Crippen LogP contribution is -2.38. The molecule has 0 unspecified atom stereocenters.